The highest BCUT2D eigenvalue weighted by Gasteiger charge is 2.34. The second-order valence-corrected chi connectivity index (χ2v) is 8.84. The van der Waals surface area contributed by atoms with Gasteiger partial charge in [0.1, 0.15) is 5.75 Å². The summed E-state index contributed by atoms with van der Waals surface area (Å²) in [5.74, 6) is 0.00992. The van der Waals surface area contributed by atoms with E-state index in [2.05, 4.69) is 18.6 Å². The maximum atomic E-state index is 13.2. The molecule has 0 spiro atoms. The van der Waals surface area contributed by atoms with Crippen molar-refractivity contribution in [1.29, 1.82) is 0 Å². The number of hydrogen-bond donors (Lipinski definition) is 0. The molecule has 0 saturated carbocycles. The third-order valence-corrected chi connectivity index (χ3v) is 6.45. The van der Waals surface area contributed by atoms with Gasteiger partial charge in [0.2, 0.25) is 0 Å². The molecule has 3 rings (SSSR count). The molecule has 1 fully saturated rings. The molecular weight excluding hydrogens is 421 g/mol. The van der Waals surface area contributed by atoms with Gasteiger partial charge in [0.25, 0.3) is 11.5 Å². The van der Waals surface area contributed by atoms with Crippen molar-refractivity contribution >= 4 is 5.91 Å². The van der Waals surface area contributed by atoms with Gasteiger partial charge in [-0.1, -0.05) is 19.9 Å². The van der Waals surface area contributed by atoms with E-state index in [1.165, 1.54) is 16.7 Å². The van der Waals surface area contributed by atoms with Gasteiger partial charge in [0.05, 0.1) is 5.56 Å². The fourth-order valence-electron chi connectivity index (χ4n) is 4.28. The Morgan fingerprint density at radius 3 is 2.31 bits per heavy atom. The minimum absolute atomic E-state index is 0.117. The molecule has 0 bridgehead atoms. The van der Waals surface area contributed by atoms with Crippen molar-refractivity contribution in [2.45, 2.75) is 46.9 Å². The monoisotopic (exact) mass is 450 g/mol. The van der Waals surface area contributed by atoms with E-state index in [4.69, 9.17) is 0 Å². The van der Waals surface area contributed by atoms with Crippen LogP contribution in [0.15, 0.2) is 29.2 Å². The first kappa shape index (κ1) is 23.9. The first-order valence-electron chi connectivity index (χ1n) is 10.7. The molecule has 0 radical (unpaired) electrons. The van der Waals surface area contributed by atoms with Crippen LogP contribution in [0.5, 0.6) is 5.75 Å². The summed E-state index contributed by atoms with van der Waals surface area (Å²) < 4.78 is 45.2. The number of benzene rings is 1. The highest BCUT2D eigenvalue weighted by Crippen LogP contribution is 2.34. The van der Waals surface area contributed by atoms with E-state index >= 15 is 0 Å². The lowest BCUT2D eigenvalue weighted by atomic mass is 9.86. The predicted molar refractivity (Wildman–Crippen MR) is 117 cm³/mol. The lowest BCUT2D eigenvalue weighted by Gasteiger charge is -2.34. The van der Waals surface area contributed by atoms with Crippen molar-refractivity contribution in [2.75, 3.05) is 13.1 Å². The Morgan fingerprint density at radius 1 is 1.12 bits per heavy atom. The zero-order chi connectivity index (χ0) is 23.8. The molecule has 0 aliphatic carbocycles. The molecule has 32 heavy (non-hydrogen) atoms. The van der Waals surface area contributed by atoms with E-state index in [0.717, 1.165) is 12.8 Å². The number of ether oxygens (including phenoxy) is 1. The Hall–Kier alpha value is -2.77. The summed E-state index contributed by atoms with van der Waals surface area (Å²) in [6.07, 6.45) is -1.71. The van der Waals surface area contributed by atoms with E-state index in [0.29, 0.717) is 47.2 Å². The summed E-state index contributed by atoms with van der Waals surface area (Å²) in [7, 11) is 1.59. The lowest BCUT2D eigenvalue weighted by molar-refractivity contribution is -0.274. The molecule has 1 aliphatic heterocycles. The standard InChI is InChI=1S/C24H29F3N2O3/c1-14(2)17-8-10-29(11-9-17)23(31)19-7-6-18(12-21(19)32-24(25,26)27)20-13-28(5)22(30)16(4)15(20)3/h6-7,12-14,17H,8-11H2,1-5H3. The van der Waals surface area contributed by atoms with Crippen molar-refractivity contribution in [3.05, 3.63) is 51.4 Å². The Balaban J connectivity index is 2.00. The Kier molecular flexibility index (Phi) is 6.72. The second-order valence-electron chi connectivity index (χ2n) is 8.84. The number of hydrogen-bond acceptors (Lipinski definition) is 3. The highest BCUT2D eigenvalue weighted by atomic mass is 19.4. The van der Waals surface area contributed by atoms with Crippen LogP contribution in [0, 0.1) is 25.7 Å². The zero-order valence-electron chi connectivity index (χ0n) is 19.0. The highest BCUT2D eigenvalue weighted by molar-refractivity contribution is 5.97. The van der Waals surface area contributed by atoms with Crippen LogP contribution in [0.4, 0.5) is 13.2 Å². The fourth-order valence-corrected chi connectivity index (χ4v) is 4.28. The van der Waals surface area contributed by atoms with Gasteiger partial charge >= 0.3 is 6.36 Å². The Morgan fingerprint density at radius 2 is 1.75 bits per heavy atom. The van der Waals surface area contributed by atoms with E-state index in [9.17, 15) is 22.8 Å². The number of carbonyl (C=O) groups is 1. The first-order chi connectivity index (χ1) is 14.9. The van der Waals surface area contributed by atoms with E-state index in [-0.39, 0.29) is 11.1 Å². The van der Waals surface area contributed by atoms with Crippen LogP contribution in [0.2, 0.25) is 0 Å². The molecule has 1 aromatic carbocycles. The number of aryl methyl sites for hydroxylation is 1. The number of pyridine rings is 1. The molecule has 174 valence electrons. The Labute approximate surface area is 185 Å². The summed E-state index contributed by atoms with van der Waals surface area (Å²) >= 11 is 0. The first-order valence-corrected chi connectivity index (χ1v) is 10.7. The van der Waals surface area contributed by atoms with Gasteiger partial charge in [-0.2, -0.15) is 0 Å². The molecular formula is C24H29F3N2O3. The van der Waals surface area contributed by atoms with Crippen LogP contribution < -0.4 is 10.3 Å². The summed E-state index contributed by atoms with van der Waals surface area (Å²) in [5.41, 5.74) is 1.93. The summed E-state index contributed by atoms with van der Waals surface area (Å²) in [6, 6.07) is 4.21. The van der Waals surface area contributed by atoms with Crippen LogP contribution in [0.3, 0.4) is 0 Å². The minimum Gasteiger partial charge on any atom is -0.405 e. The molecule has 8 heteroatoms. The molecule has 0 unspecified atom stereocenters. The molecule has 2 heterocycles. The number of amides is 1. The van der Waals surface area contributed by atoms with Crippen LogP contribution in [0.1, 0.15) is 48.2 Å². The molecule has 1 saturated heterocycles. The van der Waals surface area contributed by atoms with Crippen LogP contribution in [0.25, 0.3) is 11.1 Å². The molecule has 5 nitrogen and oxygen atoms in total. The molecule has 1 amide bonds. The number of alkyl halides is 3. The van der Waals surface area contributed by atoms with Crippen molar-refractivity contribution in [3.8, 4) is 16.9 Å². The van der Waals surface area contributed by atoms with Crippen LogP contribution in [-0.2, 0) is 7.05 Å². The van der Waals surface area contributed by atoms with Crippen molar-refractivity contribution in [2.24, 2.45) is 18.9 Å². The topological polar surface area (TPSA) is 51.5 Å². The number of nitrogens with zero attached hydrogens (tertiary/aromatic N) is 2. The number of halogens is 3. The molecule has 0 atom stereocenters. The second kappa shape index (κ2) is 9.00. The third kappa shape index (κ3) is 5.00. The number of rotatable bonds is 4. The van der Waals surface area contributed by atoms with Gasteiger partial charge in [-0.3, -0.25) is 9.59 Å². The van der Waals surface area contributed by atoms with Gasteiger partial charge < -0.3 is 14.2 Å². The normalized spacial score (nSPS) is 15.3. The summed E-state index contributed by atoms with van der Waals surface area (Å²) in [4.78, 5) is 26.8. The van der Waals surface area contributed by atoms with E-state index in [1.807, 2.05) is 0 Å². The maximum Gasteiger partial charge on any atom is 0.573 e. The quantitative estimate of drug-likeness (QED) is 0.653. The van der Waals surface area contributed by atoms with Crippen LogP contribution in [-0.4, -0.2) is 34.8 Å². The number of carbonyl (C=O) groups excluding carboxylic acids is 1. The van der Waals surface area contributed by atoms with Crippen molar-refractivity contribution in [3.63, 3.8) is 0 Å². The summed E-state index contributed by atoms with van der Waals surface area (Å²) in [5, 5.41) is 0. The number of likely N-dealkylation sites (tertiary alicyclic amines) is 1. The van der Waals surface area contributed by atoms with Gasteiger partial charge in [-0.25, -0.2) is 0 Å². The minimum atomic E-state index is -4.94. The number of aromatic nitrogens is 1. The smallest absolute Gasteiger partial charge is 0.405 e. The van der Waals surface area contributed by atoms with Gasteiger partial charge in [0, 0.05) is 37.5 Å². The largest absolute Gasteiger partial charge is 0.573 e. The molecule has 2 aromatic rings. The average Bonchev–Trinajstić information content (AvgIpc) is 2.73. The Bertz CT molecular complexity index is 1070. The third-order valence-electron chi connectivity index (χ3n) is 6.45. The fraction of sp³-hybridized carbons (Fsp3) is 0.500. The van der Waals surface area contributed by atoms with Gasteiger partial charge in [-0.15, -0.1) is 13.2 Å². The zero-order valence-corrected chi connectivity index (χ0v) is 19.0. The lowest BCUT2D eigenvalue weighted by Crippen LogP contribution is -2.39. The van der Waals surface area contributed by atoms with E-state index in [1.54, 1.807) is 38.1 Å². The maximum absolute atomic E-state index is 13.2. The van der Waals surface area contributed by atoms with Crippen molar-refractivity contribution in [1.82, 2.24) is 9.47 Å². The SMILES string of the molecule is Cc1c(-c2ccc(C(=O)N3CCC(C(C)C)CC3)c(OC(F)(F)F)c2)cn(C)c(=O)c1C. The van der Waals surface area contributed by atoms with E-state index < -0.39 is 18.0 Å². The van der Waals surface area contributed by atoms with Crippen molar-refractivity contribution < 1.29 is 22.7 Å². The van der Waals surface area contributed by atoms with Gasteiger partial charge in [0.15, 0.2) is 0 Å². The predicted octanol–water partition coefficient (Wildman–Crippen LogP) is 5.08. The number of piperidine rings is 1. The molecule has 1 aromatic heterocycles. The average molecular weight is 451 g/mol. The van der Waals surface area contributed by atoms with Crippen LogP contribution >= 0.6 is 0 Å². The molecule has 0 N–H and O–H groups in total. The molecule has 1 aliphatic rings. The van der Waals surface area contributed by atoms with Gasteiger partial charge in [-0.05, 0) is 61.8 Å². The summed E-state index contributed by atoms with van der Waals surface area (Å²) in [6.45, 7) is 8.71.